The van der Waals surface area contributed by atoms with Gasteiger partial charge in [0.15, 0.2) is 16.9 Å². The number of fused-ring (bicyclic) bond motifs is 4. The van der Waals surface area contributed by atoms with E-state index in [2.05, 4.69) is 6.07 Å². The van der Waals surface area contributed by atoms with Gasteiger partial charge in [0.2, 0.25) is 0 Å². The van der Waals surface area contributed by atoms with Crippen molar-refractivity contribution < 1.29 is 38.7 Å². The first-order valence-corrected chi connectivity index (χ1v) is 13.9. The Kier molecular flexibility index (Phi) is 6.42. The molecule has 43 heavy (non-hydrogen) atoms. The van der Waals surface area contributed by atoms with Crippen LogP contribution in [-0.2, 0) is 17.6 Å². The summed E-state index contributed by atoms with van der Waals surface area (Å²) in [7, 11) is 0. The number of esters is 1. The van der Waals surface area contributed by atoms with Crippen molar-refractivity contribution in [1.82, 2.24) is 0 Å². The van der Waals surface area contributed by atoms with Crippen molar-refractivity contribution >= 4 is 16.9 Å². The maximum Gasteiger partial charge on any atom is 0.312 e. The predicted octanol–water partition coefficient (Wildman–Crippen LogP) is 5.57. The number of carbonyl (C=O) groups excluding carboxylic acids is 1. The second kappa shape index (κ2) is 10.4. The van der Waals surface area contributed by atoms with Crippen LogP contribution in [0.1, 0.15) is 34.6 Å². The van der Waals surface area contributed by atoms with E-state index in [1.54, 1.807) is 0 Å². The number of ether oxygens (including phenoxy) is 3. The molecule has 0 bridgehead atoms. The maximum absolute atomic E-state index is 13.3. The number of benzene rings is 4. The molecule has 2 aliphatic heterocycles. The van der Waals surface area contributed by atoms with Gasteiger partial charge >= 0.3 is 5.97 Å². The normalized spacial score (nSPS) is 15.4. The largest absolute Gasteiger partial charge is 0.507 e. The van der Waals surface area contributed by atoms with Crippen LogP contribution in [-0.4, -0.2) is 34.5 Å². The summed E-state index contributed by atoms with van der Waals surface area (Å²) in [5.74, 6) is -0.544. The Hall–Kier alpha value is -5.44. The van der Waals surface area contributed by atoms with Crippen LogP contribution >= 0.6 is 0 Å². The molecule has 9 nitrogen and oxygen atoms in total. The lowest BCUT2D eigenvalue weighted by atomic mass is 9.84. The zero-order valence-electron chi connectivity index (χ0n) is 22.8. The van der Waals surface area contributed by atoms with E-state index in [4.69, 9.17) is 18.6 Å². The van der Waals surface area contributed by atoms with E-state index in [-0.39, 0.29) is 46.1 Å². The molecule has 2 aliphatic rings. The number of phenols is 3. The molecule has 0 amide bonds. The maximum atomic E-state index is 13.3. The van der Waals surface area contributed by atoms with Crippen molar-refractivity contribution in [2.45, 2.75) is 25.2 Å². The minimum atomic E-state index is -0.612. The lowest BCUT2D eigenvalue weighted by molar-refractivity contribution is -0.135. The molecule has 0 unspecified atom stereocenters. The third kappa shape index (κ3) is 4.78. The third-order valence-corrected chi connectivity index (χ3v) is 7.88. The van der Waals surface area contributed by atoms with E-state index in [1.165, 1.54) is 35.9 Å². The van der Waals surface area contributed by atoms with E-state index in [9.17, 15) is 24.9 Å². The van der Waals surface area contributed by atoms with Crippen LogP contribution in [0.4, 0.5) is 0 Å². The Labute approximate surface area is 245 Å². The number of hydrogen-bond donors (Lipinski definition) is 3. The van der Waals surface area contributed by atoms with Gasteiger partial charge in [-0.25, -0.2) is 0 Å². The van der Waals surface area contributed by atoms with Gasteiger partial charge in [0.25, 0.3) is 0 Å². The van der Waals surface area contributed by atoms with Gasteiger partial charge in [-0.05, 0) is 41.5 Å². The summed E-state index contributed by atoms with van der Waals surface area (Å²) in [6, 6.07) is 20.0. The molecule has 3 N–H and O–H groups in total. The average molecular weight is 579 g/mol. The number of aromatic hydroxyl groups is 3. The smallest absolute Gasteiger partial charge is 0.312 e. The zero-order valence-corrected chi connectivity index (χ0v) is 22.8. The molecule has 0 saturated carbocycles. The summed E-state index contributed by atoms with van der Waals surface area (Å²) >= 11 is 0. The van der Waals surface area contributed by atoms with Crippen molar-refractivity contribution in [3.63, 3.8) is 0 Å². The van der Waals surface area contributed by atoms with Crippen LogP contribution in [0.15, 0.2) is 82.0 Å². The second-order valence-electron chi connectivity index (χ2n) is 10.6. The van der Waals surface area contributed by atoms with Crippen molar-refractivity contribution in [2.75, 3.05) is 13.2 Å². The molecule has 3 heterocycles. The van der Waals surface area contributed by atoms with Gasteiger partial charge in [-0.3, -0.25) is 9.59 Å². The van der Waals surface area contributed by atoms with Crippen LogP contribution in [0.3, 0.4) is 0 Å². The number of carbonyl (C=O) groups is 1. The molecule has 9 heteroatoms. The Bertz CT molecular complexity index is 1970. The summed E-state index contributed by atoms with van der Waals surface area (Å²) < 4.78 is 23.6. The average Bonchev–Trinajstić information content (AvgIpc) is 3.46. The molecule has 1 aromatic heterocycles. The Morgan fingerprint density at radius 1 is 0.860 bits per heavy atom. The van der Waals surface area contributed by atoms with E-state index < -0.39 is 17.3 Å². The van der Waals surface area contributed by atoms with Crippen LogP contribution < -0.4 is 19.6 Å². The fraction of sp³-hybridized carbons (Fsp3) is 0.176. The number of rotatable bonds is 6. The molecular weight excluding hydrogens is 552 g/mol. The molecule has 4 aromatic carbocycles. The Balaban J connectivity index is 1.29. The highest BCUT2D eigenvalue weighted by Gasteiger charge is 2.35. The first-order valence-electron chi connectivity index (χ1n) is 13.9. The van der Waals surface area contributed by atoms with Crippen LogP contribution in [0, 0.1) is 0 Å². The van der Waals surface area contributed by atoms with Gasteiger partial charge in [0, 0.05) is 47.6 Å². The van der Waals surface area contributed by atoms with Crippen molar-refractivity contribution in [3.05, 3.63) is 105 Å². The first kappa shape index (κ1) is 26.5. The number of phenolic OH excluding ortho intramolecular Hbond substituents is 3. The molecule has 0 aliphatic carbocycles. The fourth-order valence-electron chi connectivity index (χ4n) is 5.82. The van der Waals surface area contributed by atoms with Gasteiger partial charge in [-0.1, -0.05) is 30.3 Å². The van der Waals surface area contributed by atoms with Crippen LogP contribution in [0.25, 0.3) is 22.3 Å². The highest BCUT2D eigenvalue weighted by atomic mass is 16.5. The van der Waals surface area contributed by atoms with Gasteiger partial charge in [-0.15, -0.1) is 0 Å². The molecule has 7 rings (SSSR count). The molecule has 0 radical (unpaired) electrons. The summed E-state index contributed by atoms with van der Waals surface area (Å²) in [5.41, 5.74) is 3.30. The van der Waals surface area contributed by atoms with Crippen molar-refractivity contribution in [1.29, 1.82) is 0 Å². The van der Waals surface area contributed by atoms with Crippen LogP contribution in [0.5, 0.6) is 34.5 Å². The zero-order chi connectivity index (χ0) is 29.7. The second-order valence-corrected chi connectivity index (χ2v) is 10.6. The van der Waals surface area contributed by atoms with Gasteiger partial charge in [-0.2, -0.15) is 0 Å². The standard InChI is InChI=1S/C34H26O9/c35-23-7-6-19(14-24(23)36)29-16-25(37)33-26(38)17-30-32(34(33)43-29)22(15-31(39)42-30)21-3-1-2-4-28(21)41-11-9-18-5-8-27-20(13-18)10-12-40-27/h1-8,13-14,16-17,22,35-36,38H,9-12,15H2/t22-/m1/s1. The lowest BCUT2D eigenvalue weighted by Gasteiger charge is -2.27. The summed E-state index contributed by atoms with van der Waals surface area (Å²) in [6.07, 6.45) is 1.50. The monoisotopic (exact) mass is 578 g/mol. The molecule has 0 fully saturated rings. The van der Waals surface area contributed by atoms with E-state index >= 15 is 0 Å². The van der Waals surface area contributed by atoms with Gasteiger partial charge in [0.05, 0.1) is 19.6 Å². The van der Waals surface area contributed by atoms with E-state index in [0.717, 1.165) is 17.7 Å². The van der Waals surface area contributed by atoms with E-state index in [1.807, 2.05) is 36.4 Å². The summed E-state index contributed by atoms with van der Waals surface area (Å²) in [6.45, 7) is 1.08. The predicted molar refractivity (Wildman–Crippen MR) is 156 cm³/mol. The molecule has 0 saturated heterocycles. The lowest BCUT2D eigenvalue weighted by Crippen LogP contribution is -2.22. The quantitative estimate of drug-likeness (QED) is 0.134. The minimum absolute atomic E-state index is 0.0496. The Morgan fingerprint density at radius 2 is 1.72 bits per heavy atom. The van der Waals surface area contributed by atoms with Crippen LogP contribution in [0.2, 0.25) is 0 Å². The van der Waals surface area contributed by atoms with Crippen molar-refractivity contribution in [3.8, 4) is 45.8 Å². The molecule has 0 spiro atoms. The molecular formula is C34H26O9. The number of para-hydroxylation sites is 1. The highest BCUT2D eigenvalue weighted by molar-refractivity contribution is 5.93. The SMILES string of the molecule is O=C1C[C@H](c2ccccc2OCCc2ccc3c(c2)CCO3)c2c(cc(O)c3c(=O)cc(-c4ccc(O)c(O)c4)oc23)O1. The molecule has 5 aromatic rings. The van der Waals surface area contributed by atoms with Crippen molar-refractivity contribution in [2.24, 2.45) is 0 Å². The minimum Gasteiger partial charge on any atom is -0.507 e. The van der Waals surface area contributed by atoms with E-state index in [0.29, 0.717) is 42.1 Å². The van der Waals surface area contributed by atoms with Gasteiger partial charge < -0.3 is 33.9 Å². The fourth-order valence-corrected chi connectivity index (χ4v) is 5.82. The molecule has 1 atom stereocenters. The molecule has 216 valence electrons. The topological polar surface area (TPSA) is 136 Å². The Morgan fingerprint density at radius 3 is 2.58 bits per heavy atom. The third-order valence-electron chi connectivity index (χ3n) is 7.88. The van der Waals surface area contributed by atoms with Gasteiger partial charge in [0.1, 0.15) is 39.7 Å². The first-order chi connectivity index (χ1) is 20.9. The summed E-state index contributed by atoms with van der Waals surface area (Å²) in [5, 5.41) is 30.5. The number of hydrogen-bond acceptors (Lipinski definition) is 9. The highest BCUT2D eigenvalue weighted by Crippen LogP contribution is 2.48. The summed E-state index contributed by atoms with van der Waals surface area (Å²) in [4.78, 5) is 26.1.